The van der Waals surface area contributed by atoms with Crippen LogP contribution in [0.3, 0.4) is 0 Å². The average Bonchev–Trinajstić information content (AvgIpc) is 2.27. The quantitative estimate of drug-likeness (QED) is 0.623. The lowest BCUT2D eigenvalue weighted by atomic mass is 10.1. The van der Waals surface area contributed by atoms with Gasteiger partial charge in [0.25, 0.3) is 0 Å². The molecule has 0 aliphatic rings. The average molecular weight is 219 g/mol. The van der Waals surface area contributed by atoms with Crippen LogP contribution in [0.15, 0.2) is 24.3 Å². The van der Waals surface area contributed by atoms with Crippen molar-refractivity contribution < 1.29 is 9.53 Å². The van der Waals surface area contributed by atoms with E-state index in [-0.39, 0.29) is 0 Å². The van der Waals surface area contributed by atoms with Crippen LogP contribution < -0.4 is 4.74 Å². The fourth-order valence-electron chi connectivity index (χ4n) is 1.48. The first kappa shape index (κ1) is 9.86. The summed E-state index contributed by atoms with van der Waals surface area (Å²) in [4.78, 5) is 13.7. The summed E-state index contributed by atoms with van der Waals surface area (Å²) in [6, 6.07) is 7.36. The van der Waals surface area contributed by atoms with Gasteiger partial charge in [0.2, 0.25) is 0 Å². The Morgan fingerprint density at radius 3 is 2.93 bits per heavy atom. The maximum Gasteiger partial charge on any atom is 0.153 e. The van der Waals surface area contributed by atoms with Crippen molar-refractivity contribution >= 4 is 29.4 Å². The molecular weight excluding hydrogens is 210 g/mol. The first-order chi connectivity index (χ1) is 7.26. The first-order valence-corrected chi connectivity index (χ1v) is 4.82. The van der Waals surface area contributed by atoms with Gasteiger partial charge in [-0.3, -0.25) is 4.79 Å². The molecule has 0 bridgehead atoms. The van der Waals surface area contributed by atoms with Crippen molar-refractivity contribution in [3.05, 3.63) is 34.5 Å². The molecule has 4 heteroatoms. The number of nitrogens with one attached hydrogen (secondary N) is 1. The Morgan fingerprint density at radius 2 is 2.27 bits per heavy atom. The third-order valence-corrected chi connectivity index (χ3v) is 2.55. The third-order valence-electron chi connectivity index (χ3n) is 2.22. The number of hydrogen-bond donors (Lipinski definition) is 1. The number of pyridine rings is 1. The van der Waals surface area contributed by atoms with Crippen molar-refractivity contribution in [2.24, 2.45) is 0 Å². The van der Waals surface area contributed by atoms with Crippen LogP contribution in [0.1, 0.15) is 10.4 Å². The van der Waals surface area contributed by atoms with E-state index in [4.69, 9.17) is 17.0 Å². The summed E-state index contributed by atoms with van der Waals surface area (Å²) >= 11 is 5.04. The minimum absolute atomic E-state index is 0.432. The van der Waals surface area contributed by atoms with Gasteiger partial charge in [-0.05, 0) is 12.1 Å². The minimum Gasteiger partial charge on any atom is -0.495 e. The van der Waals surface area contributed by atoms with E-state index in [1.54, 1.807) is 13.2 Å². The van der Waals surface area contributed by atoms with Crippen LogP contribution in [0.25, 0.3) is 10.9 Å². The van der Waals surface area contributed by atoms with Crippen LogP contribution in [0, 0.1) is 4.64 Å². The van der Waals surface area contributed by atoms with E-state index in [0.717, 1.165) is 22.9 Å². The van der Waals surface area contributed by atoms with Crippen LogP contribution >= 0.6 is 12.2 Å². The molecule has 0 spiro atoms. The summed E-state index contributed by atoms with van der Waals surface area (Å²) in [5.41, 5.74) is 1.31. The zero-order valence-corrected chi connectivity index (χ0v) is 8.93. The zero-order chi connectivity index (χ0) is 10.8. The third kappa shape index (κ3) is 1.64. The summed E-state index contributed by atoms with van der Waals surface area (Å²) in [6.07, 6.45) is 0.748. The largest absolute Gasteiger partial charge is 0.495 e. The number of aromatic nitrogens is 1. The lowest BCUT2D eigenvalue weighted by Crippen LogP contribution is -1.91. The Morgan fingerprint density at radius 1 is 1.47 bits per heavy atom. The molecule has 0 atom stereocenters. The topological polar surface area (TPSA) is 42.1 Å². The Kier molecular flexibility index (Phi) is 2.51. The fourth-order valence-corrected chi connectivity index (χ4v) is 1.69. The van der Waals surface area contributed by atoms with Crippen molar-refractivity contribution in [2.45, 2.75) is 0 Å². The Balaban J connectivity index is 2.86. The van der Waals surface area contributed by atoms with Crippen LogP contribution in [-0.4, -0.2) is 18.4 Å². The Bertz CT molecular complexity index is 574. The molecule has 15 heavy (non-hydrogen) atoms. The minimum atomic E-state index is 0.432. The molecule has 76 valence electrons. The second kappa shape index (κ2) is 3.82. The van der Waals surface area contributed by atoms with Crippen LogP contribution in [0.2, 0.25) is 0 Å². The molecule has 1 aromatic carbocycles. The number of carbonyl (C=O) groups is 1. The molecule has 0 saturated heterocycles. The van der Waals surface area contributed by atoms with E-state index in [1.165, 1.54) is 0 Å². The zero-order valence-electron chi connectivity index (χ0n) is 8.11. The summed E-state index contributed by atoms with van der Waals surface area (Å²) in [7, 11) is 1.60. The molecule has 0 unspecified atom stereocenters. The number of aldehydes is 1. The highest BCUT2D eigenvalue weighted by atomic mass is 32.1. The number of fused-ring (bicyclic) bond motifs is 1. The number of methoxy groups -OCH3 is 1. The van der Waals surface area contributed by atoms with Crippen molar-refractivity contribution in [2.75, 3.05) is 7.11 Å². The van der Waals surface area contributed by atoms with Crippen molar-refractivity contribution in [1.82, 2.24) is 4.98 Å². The molecular formula is C11H9NO2S. The maximum atomic E-state index is 10.7. The summed E-state index contributed by atoms with van der Waals surface area (Å²) < 4.78 is 5.62. The first-order valence-electron chi connectivity index (χ1n) is 4.41. The molecule has 0 radical (unpaired) electrons. The second-order valence-corrected chi connectivity index (χ2v) is 3.50. The standard InChI is InChI=1S/C11H9NO2S/c1-14-9-4-2-3-7-5-8(6-13)11(15)12-10(7)9/h2-6H,1H3,(H,12,15). The van der Waals surface area contributed by atoms with E-state index >= 15 is 0 Å². The van der Waals surface area contributed by atoms with Crippen LogP contribution in [0.4, 0.5) is 0 Å². The van der Waals surface area contributed by atoms with Crippen molar-refractivity contribution in [3.8, 4) is 5.75 Å². The molecule has 0 saturated carbocycles. The Labute approximate surface area is 91.7 Å². The number of hydrogen-bond acceptors (Lipinski definition) is 3. The number of rotatable bonds is 2. The number of aromatic amines is 1. The molecule has 0 fully saturated rings. The number of para-hydroxylation sites is 1. The van der Waals surface area contributed by atoms with Crippen LogP contribution in [0.5, 0.6) is 5.75 Å². The van der Waals surface area contributed by atoms with Crippen molar-refractivity contribution in [1.29, 1.82) is 0 Å². The van der Waals surface area contributed by atoms with E-state index < -0.39 is 0 Å². The smallest absolute Gasteiger partial charge is 0.153 e. The predicted molar refractivity (Wildman–Crippen MR) is 61.1 cm³/mol. The van der Waals surface area contributed by atoms with E-state index in [0.29, 0.717) is 10.2 Å². The maximum absolute atomic E-state index is 10.7. The van der Waals surface area contributed by atoms with E-state index in [1.807, 2.05) is 18.2 Å². The fraction of sp³-hybridized carbons (Fsp3) is 0.0909. The summed E-state index contributed by atoms with van der Waals surface area (Å²) in [5.74, 6) is 0.719. The Hall–Kier alpha value is -1.68. The van der Waals surface area contributed by atoms with E-state index in [9.17, 15) is 4.79 Å². The van der Waals surface area contributed by atoms with Gasteiger partial charge in [-0.15, -0.1) is 0 Å². The van der Waals surface area contributed by atoms with E-state index in [2.05, 4.69) is 4.98 Å². The highest BCUT2D eigenvalue weighted by Crippen LogP contribution is 2.23. The highest BCUT2D eigenvalue weighted by Gasteiger charge is 2.03. The molecule has 0 aliphatic carbocycles. The van der Waals surface area contributed by atoms with Gasteiger partial charge >= 0.3 is 0 Å². The number of ether oxygens (including phenoxy) is 1. The molecule has 1 heterocycles. The highest BCUT2D eigenvalue weighted by molar-refractivity contribution is 7.71. The van der Waals surface area contributed by atoms with Gasteiger partial charge in [0.05, 0.1) is 12.6 Å². The molecule has 1 aromatic heterocycles. The number of benzene rings is 1. The summed E-state index contributed by atoms with van der Waals surface area (Å²) in [5, 5.41) is 0.907. The van der Waals surface area contributed by atoms with Gasteiger partial charge < -0.3 is 9.72 Å². The molecule has 1 N–H and O–H groups in total. The van der Waals surface area contributed by atoms with Gasteiger partial charge in [0.15, 0.2) is 6.29 Å². The molecule has 0 amide bonds. The lowest BCUT2D eigenvalue weighted by Gasteiger charge is -2.05. The molecule has 2 aromatic rings. The lowest BCUT2D eigenvalue weighted by molar-refractivity contribution is 0.112. The van der Waals surface area contributed by atoms with Gasteiger partial charge in [-0.1, -0.05) is 24.4 Å². The molecule has 2 rings (SSSR count). The SMILES string of the molecule is COc1cccc2cc(C=O)c(=S)[nH]c12. The number of H-pyrrole nitrogens is 1. The van der Waals surface area contributed by atoms with Crippen molar-refractivity contribution in [3.63, 3.8) is 0 Å². The van der Waals surface area contributed by atoms with Gasteiger partial charge in [-0.2, -0.15) is 0 Å². The summed E-state index contributed by atoms with van der Waals surface area (Å²) in [6.45, 7) is 0. The van der Waals surface area contributed by atoms with Gasteiger partial charge in [0.1, 0.15) is 10.4 Å². The molecule has 0 aliphatic heterocycles. The molecule has 3 nitrogen and oxygen atoms in total. The second-order valence-electron chi connectivity index (χ2n) is 3.10. The van der Waals surface area contributed by atoms with Gasteiger partial charge in [-0.25, -0.2) is 0 Å². The predicted octanol–water partition coefficient (Wildman–Crippen LogP) is 2.72. The van der Waals surface area contributed by atoms with Gasteiger partial charge in [0, 0.05) is 10.9 Å². The van der Waals surface area contributed by atoms with Crippen LogP contribution in [-0.2, 0) is 0 Å². The monoisotopic (exact) mass is 219 g/mol. The normalized spacial score (nSPS) is 10.2. The number of carbonyl (C=O) groups excluding carboxylic acids is 1.